The molecule has 0 spiro atoms. The molecule has 1 unspecified atom stereocenters. The van der Waals surface area contributed by atoms with Gasteiger partial charge in [-0.05, 0) is 57.4 Å². The average molecular weight is 452 g/mol. The Bertz CT molecular complexity index is 1030. The highest BCUT2D eigenvalue weighted by atomic mass is 16.5. The van der Waals surface area contributed by atoms with Gasteiger partial charge in [0.1, 0.15) is 24.0 Å². The van der Waals surface area contributed by atoms with E-state index in [0.29, 0.717) is 24.1 Å². The maximum Gasteiger partial charge on any atom is 0.343 e. The largest absolute Gasteiger partial charge is 0.491 e. The van der Waals surface area contributed by atoms with Crippen LogP contribution in [0.3, 0.4) is 0 Å². The maximum atomic E-state index is 12.3. The number of nitrogens with zero attached hydrogens (tertiary/aromatic N) is 3. The number of aliphatic hydroxyl groups excluding tert-OH is 1. The third-order valence-corrected chi connectivity index (χ3v) is 4.45. The van der Waals surface area contributed by atoms with Gasteiger partial charge in [-0.3, -0.25) is 0 Å². The van der Waals surface area contributed by atoms with E-state index >= 15 is 0 Å². The lowest BCUT2D eigenvalue weighted by Gasteiger charge is -2.16. The van der Waals surface area contributed by atoms with E-state index in [-0.39, 0.29) is 18.8 Å². The fraction of sp³-hybridized carbons (Fsp3) is 0.292. The summed E-state index contributed by atoms with van der Waals surface area (Å²) in [6.07, 6.45) is 0.863. The van der Waals surface area contributed by atoms with Gasteiger partial charge in [-0.15, -0.1) is 0 Å². The number of aromatic nitrogens is 2. The lowest BCUT2D eigenvalue weighted by Crippen LogP contribution is -2.30. The Morgan fingerprint density at radius 3 is 2.42 bits per heavy atom. The van der Waals surface area contributed by atoms with Gasteiger partial charge in [0.25, 0.3) is 0 Å². The van der Waals surface area contributed by atoms with Crippen LogP contribution in [-0.4, -0.2) is 65.9 Å². The Labute approximate surface area is 193 Å². The van der Waals surface area contributed by atoms with E-state index in [4.69, 9.17) is 9.47 Å². The first kappa shape index (κ1) is 24.0. The highest BCUT2D eigenvalue weighted by Crippen LogP contribution is 2.23. The standard InChI is InChI=1S/C24H29N5O4/c1-4-32-23(31)21-14-25-24(28-22(21)26-17-8-6-5-7-9-17)27-18-10-12-20(13-11-18)33-16-19(30)15-29(2)3/h5-14,19,30H,4,15-16H2,1-3H3,(H2,25,26,27,28). The molecule has 0 saturated carbocycles. The fourth-order valence-corrected chi connectivity index (χ4v) is 2.98. The van der Waals surface area contributed by atoms with Crippen LogP contribution in [0.2, 0.25) is 0 Å². The second kappa shape index (κ2) is 11.8. The predicted molar refractivity (Wildman–Crippen MR) is 127 cm³/mol. The molecule has 0 radical (unpaired) electrons. The summed E-state index contributed by atoms with van der Waals surface area (Å²) in [5, 5.41) is 16.2. The number of benzene rings is 2. The summed E-state index contributed by atoms with van der Waals surface area (Å²) < 4.78 is 10.8. The molecule has 0 saturated heterocycles. The van der Waals surface area contributed by atoms with Crippen molar-refractivity contribution in [2.24, 2.45) is 0 Å². The van der Waals surface area contributed by atoms with Gasteiger partial charge in [0, 0.05) is 24.1 Å². The van der Waals surface area contributed by atoms with E-state index in [0.717, 1.165) is 11.4 Å². The number of nitrogens with one attached hydrogen (secondary N) is 2. The molecule has 174 valence electrons. The van der Waals surface area contributed by atoms with E-state index in [1.807, 2.05) is 61.5 Å². The smallest absolute Gasteiger partial charge is 0.343 e. The van der Waals surface area contributed by atoms with E-state index in [2.05, 4.69) is 20.6 Å². The number of anilines is 4. The highest BCUT2D eigenvalue weighted by Gasteiger charge is 2.16. The molecule has 3 aromatic rings. The Morgan fingerprint density at radius 2 is 1.76 bits per heavy atom. The monoisotopic (exact) mass is 451 g/mol. The fourth-order valence-electron chi connectivity index (χ4n) is 2.98. The van der Waals surface area contributed by atoms with Crippen LogP contribution in [0.15, 0.2) is 60.8 Å². The number of aliphatic hydroxyl groups is 1. The summed E-state index contributed by atoms with van der Waals surface area (Å²) in [4.78, 5) is 23.0. The van der Waals surface area contributed by atoms with Crippen molar-refractivity contribution in [3.05, 3.63) is 66.4 Å². The number of para-hydroxylation sites is 1. The summed E-state index contributed by atoms with van der Waals surface area (Å²) in [5.74, 6) is 0.798. The zero-order valence-electron chi connectivity index (χ0n) is 19.0. The Hall–Kier alpha value is -3.69. The average Bonchev–Trinajstić information content (AvgIpc) is 2.79. The number of ether oxygens (including phenoxy) is 2. The highest BCUT2D eigenvalue weighted by molar-refractivity contribution is 5.95. The SMILES string of the molecule is CCOC(=O)c1cnc(Nc2ccc(OCC(O)CN(C)C)cc2)nc1Nc1ccccc1. The van der Waals surface area contributed by atoms with Crippen molar-refractivity contribution < 1.29 is 19.4 Å². The molecule has 1 heterocycles. The van der Waals surface area contributed by atoms with Gasteiger partial charge in [-0.2, -0.15) is 4.98 Å². The van der Waals surface area contributed by atoms with Crippen LogP contribution >= 0.6 is 0 Å². The molecule has 1 aromatic heterocycles. The van der Waals surface area contributed by atoms with Gasteiger partial charge in [0.05, 0.1) is 6.61 Å². The van der Waals surface area contributed by atoms with E-state index < -0.39 is 12.1 Å². The number of carbonyl (C=O) groups excluding carboxylic acids is 1. The molecule has 0 aliphatic carbocycles. The van der Waals surface area contributed by atoms with Gasteiger partial charge >= 0.3 is 5.97 Å². The third kappa shape index (κ3) is 7.44. The molecule has 0 amide bonds. The van der Waals surface area contributed by atoms with Crippen molar-refractivity contribution in [3.8, 4) is 5.75 Å². The zero-order valence-corrected chi connectivity index (χ0v) is 19.0. The second-order valence-electron chi connectivity index (χ2n) is 7.54. The second-order valence-corrected chi connectivity index (χ2v) is 7.54. The Kier molecular flexibility index (Phi) is 8.56. The van der Waals surface area contributed by atoms with Gasteiger partial charge in [-0.25, -0.2) is 9.78 Å². The molecule has 2 aromatic carbocycles. The van der Waals surface area contributed by atoms with Crippen molar-refractivity contribution in [3.63, 3.8) is 0 Å². The number of hydrogen-bond donors (Lipinski definition) is 3. The Balaban J connectivity index is 1.71. The molecular formula is C24H29N5O4. The summed E-state index contributed by atoms with van der Waals surface area (Å²) in [6, 6.07) is 16.6. The van der Waals surface area contributed by atoms with Crippen LogP contribution in [0.1, 0.15) is 17.3 Å². The minimum Gasteiger partial charge on any atom is -0.491 e. The molecular weight excluding hydrogens is 422 g/mol. The number of hydrogen-bond acceptors (Lipinski definition) is 9. The lowest BCUT2D eigenvalue weighted by atomic mass is 10.2. The molecule has 3 N–H and O–H groups in total. The van der Waals surface area contributed by atoms with Gasteiger partial charge in [0.2, 0.25) is 5.95 Å². The van der Waals surface area contributed by atoms with Crippen molar-refractivity contribution in [2.75, 3.05) is 44.5 Å². The van der Waals surface area contributed by atoms with E-state index in [1.54, 1.807) is 19.1 Å². The molecule has 3 rings (SSSR count). The normalized spacial score (nSPS) is 11.7. The maximum absolute atomic E-state index is 12.3. The van der Waals surface area contributed by atoms with Crippen molar-refractivity contribution >= 4 is 29.1 Å². The molecule has 0 aliphatic heterocycles. The van der Waals surface area contributed by atoms with Crippen LogP contribution in [0.5, 0.6) is 5.75 Å². The van der Waals surface area contributed by atoms with Crippen LogP contribution in [-0.2, 0) is 4.74 Å². The number of rotatable bonds is 11. The molecule has 9 nitrogen and oxygen atoms in total. The zero-order chi connectivity index (χ0) is 23.6. The molecule has 0 aliphatic rings. The minimum atomic E-state index is -0.570. The lowest BCUT2D eigenvalue weighted by molar-refractivity contribution is 0.0526. The molecule has 33 heavy (non-hydrogen) atoms. The first-order valence-corrected chi connectivity index (χ1v) is 10.6. The van der Waals surface area contributed by atoms with Crippen molar-refractivity contribution in [1.82, 2.24) is 14.9 Å². The number of likely N-dealkylation sites (N-methyl/N-ethyl adjacent to an activating group) is 1. The van der Waals surface area contributed by atoms with Crippen LogP contribution in [0, 0.1) is 0 Å². The van der Waals surface area contributed by atoms with Crippen molar-refractivity contribution in [1.29, 1.82) is 0 Å². The summed E-state index contributed by atoms with van der Waals surface area (Å²) in [7, 11) is 3.79. The third-order valence-electron chi connectivity index (χ3n) is 4.45. The van der Waals surface area contributed by atoms with E-state index in [9.17, 15) is 9.90 Å². The number of carbonyl (C=O) groups is 1. The molecule has 0 bridgehead atoms. The summed E-state index contributed by atoms with van der Waals surface area (Å²) in [5.41, 5.74) is 1.77. The molecule has 1 atom stereocenters. The predicted octanol–water partition coefficient (Wildman–Crippen LogP) is 3.44. The Morgan fingerprint density at radius 1 is 1.06 bits per heavy atom. The first-order chi connectivity index (χ1) is 15.9. The quantitative estimate of drug-likeness (QED) is 0.378. The van der Waals surface area contributed by atoms with Crippen LogP contribution in [0.4, 0.5) is 23.1 Å². The van der Waals surface area contributed by atoms with Gasteiger partial charge in [0.15, 0.2) is 5.82 Å². The summed E-state index contributed by atoms with van der Waals surface area (Å²) >= 11 is 0. The molecule has 0 fully saturated rings. The van der Waals surface area contributed by atoms with Crippen LogP contribution in [0.25, 0.3) is 0 Å². The summed E-state index contributed by atoms with van der Waals surface area (Å²) in [6.45, 7) is 2.73. The molecule has 9 heteroatoms. The first-order valence-electron chi connectivity index (χ1n) is 10.6. The van der Waals surface area contributed by atoms with E-state index in [1.165, 1.54) is 6.20 Å². The van der Waals surface area contributed by atoms with Gasteiger partial charge < -0.3 is 30.1 Å². The minimum absolute atomic E-state index is 0.206. The van der Waals surface area contributed by atoms with Crippen LogP contribution < -0.4 is 15.4 Å². The topological polar surface area (TPSA) is 109 Å². The van der Waals surface area contributed by atoms with Gasteiger partial charge in [-0.1, -0.05) is 18.2 Å². The van der Waals surface area contributed by atoms with Crippen molar-refractivity contribution in [2.45, 2.75) is 13.0 Å². The number of esters is 1.